The van der Waals surface area contributed by atoms with Gasteiger partial charge in [0, 0.05) is 27.5 Å². The van der Waals surface area contributed by atoms with Crippen molar-refractivity contribution < 1.29 is 10.2 Å². The summed E-state index contributed by atoms with van der Waals surface area (Å²) in [6.07, 6.45) is 8.38. The Balaban J connectivity index is 1.72. The summed E-state index contributed by atoms with van der Waals surface area (Å²) in [4.78, 5) is 1.12. The molecular formula is C29H22O2S. The highest BCUT2D eigenvalue weighted by Crippen LogP contribution is 2.43. The summed E-state index contributed by atoms with van der Waals surface area (Å²) in [7, 11) is 0. The standard InChI is InChI=1S/C29H22O2S/c30-28-23(18-8-1-2-9-18)16-19-10-3-5-12-21(19)26(28)27-22-13-6-4-11-20(22)17-24(29(27)31)25-14-7-15-32-25/h1-8,10-17,24,29-31H,9H2/t24?,29-/m1/s1. The lowest BCUT2D eigenvalue weighted by Gasteiger charge is -2.28. The van der Waals surface area contributed by atoms with Gasteiger partial charge in [-0.15, -0.1) is 11.3 Å². The van der Waals surface area contributed by atoms with Crippen LogP contribution in [0.5, 0.6) is 5.75 Å². The highest BCUT2D eigenvalue weighted by molar-refractivity contribution is 7.10. The molecule has 0 spiro atoms. The van der Waals surface area contributed by atoms with Crippen molar-refractivity contribution in [3.63, 3.8) is 0 Å². The second-order valence-electron chi connectivity index (χ2n) is 8.35. The van der Waals surface area contributed by atoms with Gasteiger partial charge in [-0.1, -0.05) is 78.9 Å². The van der Waals surface area contributed by atoms with E-state index in [0.29, 0.717) is 0 Å². The van der Waals surface area contributed by atoms with Gasteiger partial charge in [0.1, 0.15) is 5.75 Å². The maximum Gasteiger partial charge on any atom is 0.131 e. The SMILES string of the molecule is Oc1c(C2=CC=CC2)cc2ccccc2c1C1=c2ccccc2=CC(c2cccs2)[C@H]1O. The van der Waals surface area contributed by atoms with Gasteiger partial charge in [0.05, 0.1) is 6.10 Å². The number of thiophene rings is 1. The average molecular weight is 435 g/mol. The fourth-order valence-electron chi connectivity index (χ4n) is 5.01. The largest absolute Gasteiger partial charge is 0.507 e. The van der Waals surface area contributed by atoms with Gasteiger partial charge in [-0.2, -0.15) is 0 Å². The van der Waals surface area contributed by atoms with E-state index in [4.69, 9.17) is 0 Å². The maximum atomic E-state index is 11.7. The molecule has 1 aromatic heterocycles. The molecule has 2 aliphatic rings. The lowest BCUT2D eigenvalue weighted by Crippen LogP contribution is -2.38. The van der Waals surface area contributed by atoms with E-state index in [1.165, 1.54) is 0 Å². The Labute approximate surface area is 190 Å². The third-order valence-electron chi connectivity index (χ3n) is 6.53. The minimum atomic E-state index is -0.760. The van der Waals surface area contributed by atoms with Crippen LogP contribution in [0, 0.1) is 0 Å². The van der Waals surface area contributed by atoms with Crippen LogP contribution in [0.3, 0.4) is 0 Å². The molecule has 0 amide bonds. The molecule has 0 saturated carbocycles. The summed E-state index contributed by atoms with van der Waals surface area (Å²) in [6.45, 7) is 0. The first-order chi connectivity index (χ1) is 15.7. The first kappa shape index (κ1) is 19.3. The molecule has 2 N–H and O–H groups in total. The number of phenols is 1. The van der Waals surface area contributed by atoms with Crippen molar-refractivity contribution >= 4 is 39.3 Å². The van der Waals surface area contributed by atoms with Gasteiger partial charge in [-0.3, -0.25) is 0 Å². The molecule has 3 aromatic carbocycles. The first-order valence-corrected chi connectivity index (χ1v) is 11.7. The van der Waals surface area contributed by atoms with Crippen LogP contribution in [0.15, 0.2) is 90.3 Å². The monoisotopic (exact) mass is 434 g/mol. The van der Waals surface area contributed by atoms with E-state index >= 15 is 0 Å². The molecule has 3 heteroatoms. The quantitative estimate of drug-likeness (QED) is 0.472. The van der Waals surface area contributed by atoms with Crippen molar-refractivity contribution in [1.29, 1.82) is 0 Å². The topological polar surface area (TPSA) is 40.5 Å². The van der Waals surface area contributed by atoms with Crippen molar-refractivity contribution in [3.8, 4) is 5.75 Å². The lowest BCUT2D eigenvalue weighted by atomic mass is 9.80. The zero-order valence-corrected chi connectivity index (χ0v) is 18.2. The van der Waals surface area contributed by atoms with E-state index in [2.05, 4.69) is 42.5 Å². The van der Waals surface area contributed by atoms with Crippen molar-refractivity contribution in [2.24, 2.45) is 0 Å². The zero-order valence-electron chi connectivity index (χ0n) is 17.4. The molecule has 2 nitrogen and oxygen atoms in total. The molecule has 0 radical (unpaired) electrons. The van der Waals surface area contributed by atoms with Crippen LogP contribution in [0.1, 0.15) is 28.3 Å². The highest BCUT2D eigenvalue weighted by Gasteiger charge is 2.31. The smallest absolute Gasteiger partial charge is 0.131 e. The third-order valence-corrected chi connectivity index (χ3v) is 7.50. The normalized spacial score (nSPS) is 19.7. The number of aromatic hydroxyl groups is 1. The zero-order chi connectivity index (χ0) is 21.7. The predicted octanol–water partition coefficient (Wildman–Crippen LogP) is 5.09. The number of benzene rings is 3. The molecule has 0 saturated heterocycles. The van der Waals surface area contributed by atoms with Crippen LogP contribution >= 0.6 is 11.3 Å². The fourth-order valence-corrected chi connectivity index (χ4v) is 5.84. The molecule has 0 bridgehead atoms. The van der Waals surface area contributed by atoms with E-state index in [0.717, 1.165) is 54.8 Å². The maximum absolute atomic E-state index is 11.7. The molecule has 2 atom stereocenters. The van der Waals surface area contributed by atoms with Gasteiger partial charge in [0.25, 0.3) is 0 Å². The molecule has 32 heavy (non-hydrogen) atoms. The van der Waals surface area contributed by atoms with E-state index in [1.54, 1.807) is 11.3 Å². The summed E-state index contributed by atoms with van der Waals surface area (Å²) >= 11 is 1.65. The second kappa shape index (κ2) is 7.63. The lowest BCUT2D eigenvalue weighted by molar-refractivity contribution is 0.220. The predicted molar refractivity (Wildman–Crippen MR) is 133 cm³/mol. The Morgan fingerprint density at radius 1 is 0.938 bits per heavy atom. The van der Waals surface area contributed by atoms with Gasteiger partial charge in [-0.05, 0) is 50.7 Å². The minimum Gasteiger partial charge on any atom is -0.507 e. The fraction of sp³-hybridized carbons (Fsp3) is 0.103. The van der Waals surface area contributed by atoms with Crippen LogP contribution in [0.4, 0.5) is 0 Å². The van der Waals surface area contributed by atoms with Crippen LogP contribution < -0.4 is 10.4 Å². The molecule has 6 rings (SSSR count). The van der Waals surface area contributed by atoms with E-state index < -0.39 is 6.10 Å². The molecule has 1 heterocycles. The second-order valence-corrected chi connectivity index (χ2v) is 9.33. The van der Waals surface area contributed by atoms with Crippen molar-refractivity contribution in [3.05, 3.63) is 117 Å². The van der Waals surface area contributed by atoms with Gasteiger partial charge >= 0.3 is 0 Å². The third kappa shape index (κ3) is 2.97. The summed E-state index contributed by atoms with van der Waals surface area (Å²) in [5.41, 5.74) is 3.46. The Morgan fingerprint density at radius 2 is 1.78 bits per heavy atom. The van der Waals surface area contributed by atoms with Gasteiger partial charge < -0.3 is 10.2 Å². The Hall–Kier alpha value is -3.40. The minimum absolute atomic E-state index is 0.158. The molecule has 2 aliphatic carbocycles. The molecule has 4 aromatic rings. The van der Waals surface area contributed by atoms with Gasteiger partial charge in [0.2, 0.25) is 0 Å². The average Bonchev–Trinajstić information content (AvgIpc) is 3.54. The molecule has 1 unspecified atom stereocenters. The summed E-state index contributed by atoms with van der Waals surface area (Å²) < 4.78 is 0. The van der Waals surface area contributed by atoms with Crippen molar-refractivity contribution in [1.82, 2.24) is 0 Å². The Bertz CT molecular complexity index is 1520. The van der Waals surface area contributed by atoms with Crippen LogP contribution in [-0.4, -0.2) is 16.3 Å². The number of fused-ring (bicyclic) bond motifs is 2. The van der Waals surface area contributed by atoms with Crippen molar-refractivity contribution in [2.45, 2.75) is 18.4 Å². The number of phenolic OH excluding ortho intramolecular Hbond substituents is 1. The molecule has 0 aliphatic heterocycles. The van der Waals surface area contributed by atoms with E-state index in [-0.39, 0.29) is 11.7 Å². The van der Waals surface area contributed by atoms with Crippen LogP contribution in [0.2, 0.25) is 0 Å². The molecule has 156 valence electrons. The van der Waals surface area contributed by atoms with Crippen molar-refractivity contribution in [2.75, 3.05) is 0 Å². The van der Waals surface area contributed by atoms with Gasteiger partial charge in [-0.25, -0.2) is 0 Å². The number of aliphatic hydroxyl groups is 1. The number of hydrogen-bond donors (Lipinski definition) is 2. The molecular weight excluding hydrogens is 412 g/mol. The Kier molecular flexibility index (Phi) is 4.60. The highest BCUT2D eigenvalue weighted by atomic mass is 32.1. The first-order valence-electron chi connectivity index (χ1n) is 10.9. The summed E-state index contributed by atoms with van der Waals surface area (Å²) in [5, 5.41) is 29.5. The number of aliphatic hydroxyl groups excluding tert-OH is 1. The number of rotatable bonds is 3. The van der Waals surface area contributed by atoms with Crippen LogP contribution in [0.25, 0.3) is 28.0 Å². The van der Waals surface area contributed by atoms with E-state index in [1.807, 2.05) is 53.9 Å². The van der Waals surface area contributed by atoms with E-state index in [9.17, 15) is 10.2 Å². The van der Waals surface area contributed by atoms with Gasteiger partial charge in [0.15, 0.2) is 0 Å². The summed E-state index contributed by atoms with van der Waals surface area (Å²) in [5.74, 6) is 0.0865. The molecule has 0 fully saturated rings. The summed E-state index contributed by atoms with van der Waals surface area (Å²) in [6, 6.07) is 22.5. The van der Waals surface area contributed by atoms with Crippen LogP contribution in [-0.2, 0) is 0 Å². The number of hydrogen-bond acceptors (Lipinski definition) is 3. The Morgan fingerprint density at radius 3 is 2.59 bits per heavy atom. The number of allylic oxidation sites excluding steroid dienone is 4.